The monoisotopic (exact) mass is 417 g/mol. The van der Waals surface area contributed by atoms with Crippen LogP contribution in [0.5, 0.6) is 11.5 Å². The van der Waals surface area contributed by atoms with E-state index in [9.17, 15) is 10.2 Å². The van der Waals surface area contributed by atoms with Crippen molar-refractivity contribution in [1.29, 1.82) is 0 Å². The van der Waals surface area contributed by atoms with Crippen LogP contribution in [0.2, 0.25) is 0 Å². The molecular weight excluding hydrogens is 398 g/mol. The normalized spacial score (nSPS) is 11.5. The summed E-state index contributed by atoms with van der Waals surface area (Å²) in [5.74, 6) is 0.251. The highest BCUT2D eigenvalue weighted by Crippen LogP contribution is 2.46. The van der Waals surface area contributed by atoms with Crippen molar-refractivity contribution in [3.63, 3.8) is 0 Å². The van der Waals surface area contributed by atoms with E-state index in [2.05, 4.69) is 10.2 Å². The number of nitrogens with zero attached hydrogens (tertiary/aromatic N) is 3. The fraction of sp³-hybridized carbons (Fsp3) is 0.0370. The van der Waals surface area contributed by atoms with E-state index in [4.69, 9.17) is 0 Å². The van der Waals surface area contributed by atoms with Gasteiger partial charge in [0.05, 0.1) is 6.54 Å². The van der Waals surface area contributed by atoms with Crippen LogP contribution in [0.3, 0.4) is 0 Å². The molecular formula is C27H19N3O2. The Hall–Kier alpha value is -4.38. The Labute approximate surface area is 183 Å². The van der Waals surface area contributed by atoms with Crippen molar-refractivity contribution >= 4 is 32.6 Å². The van der Waals surface area contributed by atoms with Crippen molar-refractivity contribution in [1.82, 2.24) is 15.0 Å². The van der Waals surface area contributed by atoms with Crippen LogP contribution in [-0.2, 0) is 6.54 Å². The Morgan fingerprint density at radius 1 is 0.625 bits per heavy atom. The first kappa shape index (κ1) is 18.4. The minimum Gasteiger partial charge on any atom is -0.507 e. The number of aromatic hydroxyl groups is 2. The first-order chi connectivity index (χ1) is 15.7. The number of fused-ring (bicyclic) bond motifs is 3. The second kappa shape index (κ2) is 7.10. The molecule has 0 amide bonds. The molecule has 6 rings (SSSR count). The van der Waals surface area contributed by atoms with Crippen LogP contribution in [0.25, 0.3) is 43.7 Å². The standard InChI is InChI=1S/C27H19N3O2/c31-24-14-13-17-7-1-3-9-20(17)25(24)26-21-10-4-2-8-18(21)15-19(27(26)32)16-30-28-22-11-5-6-12-23(22)29-30/h1-15,31-32H,16H2. The lowest BCUT2D eigenvalue weighted by atomic mass is 9.90. The maximum absolute atomic E-state index is 11.5. The molecule has 1 aromatic heterocycles. The number of rotatable bonds is 3. The Morgan fingerprint density at radius 3 is 1.94 bits per heavy atom. The van der Waals surface area contributed by atoms with Gasteiger partial charge in [0.1, 0.15) is 22.5 Å². The minimum absolute atomic E-state index is 0.122. The number of phenols is 2. The van der Waals surface area contributed by atoms with E-state index in [1.54, 1.807) is 10.9 Å². The van der Waals surface area contributed by atoms with Crippen molar-refractivity contribution in [3.05, 3.63) is 96.6 Å². The highest BCUT2D eigenvalue weighted by atomic mass is 16.3. The molecule has 32 heavy (non-hydrogen) atoms. The van der Waals surface area contributed by atoms with E-state index in [1.807, 2.05) is 84.9 Å². The summed E-state index contributed by atoms with van der Waals surface area (Å²) in [7, 11) is 0. The van der Waals surface area contributed by atoms with E-state index >= 15 is 0 Å². The van der Waals surface area contributed by atoms with Crippen LogP contribution >= 0.6 is 0 Å². The molecule has 1 heterocycles. The van der Waals surface area contributed by atoms with Crippen LogP contribution in [0.1, 0.15) is 5.56 Å². The topological polar surface area (TPSA) is 71.2 Å². The zero-order valence-electron chi connectivity index (χ0n) is 17.1. The van der Waals surface area contributed by atoms with Crippen molar-refractivity contribution in [2.24, 2.45) is 0 Å². The quantitative estimate of drug-likeness (QED) is 0.378. The number of aromatic nitrogens is 3. The lowest BCUT2D eigenvalue weighted by molar-refractivity contribution is 0.460. The molecule has 154 valence electrons. The van der Waals surface area contributed by atoms with E-state index in [0.717, 1.165) is 32.6 Å². The SMILES string of the molecule is Oc1ccc2ccccc2c1-c1c(O)c(Cn2nc3ccccc3n2)cc2ccccc12. The number of benzene rings is 5. The maximum atomic E-state index is 11.5. The largest absolute Gasteiger partial charge is 0.507 e. The molecule has 6 aromatic rings. The molecule has 0 bridgehead atoms. The van der Waals surface area contributed by atoms with Gasteiger partial charge in [-0.3, -0.25) is 0 Å². The average molecular weight is 417 g/mol. The first-order valence-electron chi connectivity index (χ1n) is 10.4. The molecule has 5 nitrogen and oxygen atoms in total. The minimum atomic E-state index is 0.122. The zero-order chi connectivity index (χ0) is 21.7. The fourth-order valence-electron chi connectivity index (χ4n) is 4.42. The predicted molar refractivity (Wildman–Crippen MR) is 127 cm³/mol. The summed E-state index contributed by atoms with van der Waals surface area (Å²) in [6, 6.07) is 29.0. The van der Waals surface area contributed by atoms with Gasteiger partial charge in [0.25, 0.3) is 0 Å². The summed E-state index contributed by atoms with van der Waals surface area (Å²) in [5, 5.41) is 35.2. The molecule has 0 fully saturated rings. The molecule has 2 N–H and O–H groups in total. The molecule has 0 atom stereocenters. The van der Waals surface area contributed by atoms with Crippen LogP contribution in [0.4, 0.5) is 0 Å². The zero-order valence-corrected chi connectivity index (χ0v) is 17.1. The molecule has 0 aliphatic carbocycles. The van der Waals surface area contributed by atoms with E-state index in [0.29, 0.717) is 23.2 Å². The molecule has 5 heteroatoms. The lowest BCUT2D eigenvalue weighted by Gasteiger charge is -2.17. The van der Waals surface area contributed by atoms with Gasteiger partial charge in [-0.2, -0.15) is 15.0 Å². The first-order valence-corrected chi connectivity index (χ1v) is 10.4. The molecule has 0 unspecified atom stereocenters. The summed E-state index contributed by atoms with van der Waals surface area (Å²) in [6.45, 7) is 0.309. The Balaban J connectivity index is 1.62. The highest BCUT2D eigenvalue weighted by Gasteiger charge is 2.20. The fourth-order valence-corrected chi connectivity index (χ4v) is 4.42. The van der Waals surface area contributed by atoms with E-state index < -0.39 is 0 Å². The van der Waals surface area contributed by atoms with E-state index in [-0.39, 0.29) is 11.5 Å². The van der Waals surface area contributed by atoms with Crippen LogP contribution in [-0.4, -0.2) is 25.2 Å². The molecule has 0 saturated carbocycles. The maximum Gasteiger partial charge on any atom is 0.129 e. The van der Waals surface area contributed by atoms with Crippen LogP contribution in [0, 0.1) is 0 Å². The van der Waals surface area contributed by atoms with Crippen molar-refractivity contribution < 1.29 is 10.2 Å². The third kappa shape index (κ3) is 2.87. The second-order valence-electron chi connectivity index (χ2n) is 7.88. The highest BCUT2D eigenvalue weighted by molar-refractivity contribution is 6.10. The second-order valence-corrected chi connectivity index (χ2v) is 7.88. The van der Waals surface area contributed by atoms with Crippen LogP contribution < -0.4 is 0 Å². The summed E-state index contributed by atoms with van der Waals surface area (Å²) in [6.07, 6.45) is 0. The summed E-state index contributed by atoms with van der Waals surface area (Å²) in [4.78, 5) is 1.60. The van der Waals surface area contributed by atoms with Crippen molar-refractivity contribution in [2.45, 2.75) is 6.54 Å². The predicted octanol–water partition coefficient (Wildman–Crippen LogP) is 5.86. The lowest BCUT2D eigenvalue weighted by Crippen LogP contribution is -2.04. The average Bonchev–Trinajstić information content (AvgIpc) is 3.23. The van der Waals surface area contributed by atoms with Gasteiger partial charge in [0.2, 0.25) is 0 Å². The third-order valence-electron chi connectivity index (χ3n) is 5.90. The summed E-state index contributed by atoms with van der Waals surface area (Å²) < 4.78 is 0. The van der Waals surface area contributed by atoms with Crippen molar-refractivity contribution in [2.75, 3.05) is 0 Å². The van der Waals surface area contributed by atoms with Crippen molar-refractivity contribution in [3.8, 4) is 22.6 Å². The number of hydrogen-bond donors (Lipinski definition) is 2. The van der Waals surface area contributed by atoms with Gasteiger partial charge < -0.3 is 10.2 Å². The molecule has 0 radical (unpaired) electrons. The Morgan fingerprint density at radius 2 is 1.22 bits per heavy atom. The van der Waals surface area contributed by atoms with Gasteiger partial charge in [0, 0.05) is 16.7 Å². The molecule has 0 aliphatic heterocycles. The number of phenolic OH excluding ortho intramolecular Hbond substituents is 2. The molecule has 0 spiro atoms. The van der Waals surface area contributed by atoms with Gasteiger partial charge in [-0.25, -0.2) is 0 Å². The summed E-state index contributed by atoms with van der Waals surface area (Å²) in [5.41, 5.74) is 3.53. The number of hydrogen-bond acceptors (Lipinski definition) is 4. The molecule has 0 saturated heterocycles. The van der Waals surface area contributed by atoms with Gasteiger partial charge >= 0.3 is 0 Å². The smallest absolute Gasteiger partial charge is 0.129 e. The van der Waals surface area contributed by atoms with Gasteiger partial charge in [-0.1, -0.05) is 66.7 Å². The molecule has 0 aliphatic rings. The van der Waals surface area contributed by atoms with Gasteiger partial charge in [-0.15, -0.1) is 0 Å². The Bertz CT molecular complexity index is 1600. The molecule has 5 aromatic carbocycles. The Kier molecular flexibility index (Phi) is 4.08. The third-order valence-corrected chi connectivity index (χ3v) is 5.90. The van der Waals surface area contributed by atoms with Gasteiger partial charge in [-0.05, 0) is 45.8 Å². The van der Waals surface area contributed by atoms with Gasteiger partial charge in [0.15, 0.2) is 0 Å². The summed E-state index contributed by atoms with van der Waals surface area (Å²) >= 11 is 0. The van der Waals surface area contributed by atoms with E-state index in [1.165, 1.54) is 0 Å². The van der Waals surface area contributed by atoms with Crippen LogP contribution in [0.15, 0.2) is 91.0 Å².